The van der Waals surface area contributed by atoms with Crippen LogP contribution in [0.25, 0.3) is 0 Å². The highest BCUT2D eigenvalue weighted by atomic mass is 16.6. The molecule has 7 nitrogen and oxygen atoms in total. The summed E-state index contributed by atoms with van der Waals surface area (Å²) >= 11 is 0. The molecule has 1 aromatic carbocycles. The summed E-state index contributed by atoms with van der Waals surface area (Å²) in [5.74, 6) is 0. The van der Waals surface area contributed by atoms with Crippen molar-refractivity contribution in [2.75, 3.05) is 0 Å². The number of aromatic amines is 1. The van der Waals surface area contributed by atoms with Gasteiger partial charge in [0.25, 0.3) is 11.2 Å². The molecular formula is C16H17N3O4. The topological polar surface area (TPSA) is 98.0 Å². The zero-order chi connectivity index (χ0) is 16.4. The van der Waals surface area contributed by atoms with E-state index in [1.54, 1.807) is 22.8 Å². The van der Waals surface area contributed by atoms with Crippen LogP contribution in [0.3, 0.4) is 0 Å². The maximum absolute atomic E-state index is 12.1. The molecule has 120 valence electrons. The molecule has 0 amide bonds. The van der Waals surface area contributed by atoms with Crippen LogP contribution >= 0.6 is 0 Å². The van der Waals surface area contributed by atoms with Crippen LogP contribution in [-0.2, 0) is 25.8 Å². The Morgan fingerprint density at radius 2 is 1.91 bits per heavy atom. The third-order valence-electron chi connectivity index (χ3n) is 4.30. The van der Waals surface area contributed by atoms with Crippen molar-refractivity contribution >= 4 is 5.69 Å². The van der Waals surface area contributed by atoms with Crippen molar-refractivity contribution in [1.29, 1.82) is 0 Å². The van der Waals surface area contributed by atoms with Crippen LogP contribution < -0.4 is 11.2 Å². The minimum Gasteiger partial charge on any atom is -0.297 e. The first-order valence-electron chi connectivity index (χ1n) is 7.65. The Hall–Kier alpha value is -2.70. The van der Waals surface area contributed by atoms with Gasteiger partial charge in [-0.15, -0.1) is 0 Å². The van der Waals surface area contributed by atoms with Crippen LogP contribution in [0.4, 0.5) is 5.69 Å². The van der Waals surface area contributed by atoms with E-state index in [1.807, 2.05) is 0 Å². The lowest BCUT2D eigenvalue weighted by Gasteiger charge is -2.19. The lowest BCUT2D eigenvalue weighted by Crippen LogP contribution is -2.37. The monoisotopic (exact) mass is 315 g/mol. The summed E-state index contributed by atoms with van der Waals surface area (Å²) < 4.78 is 1.56. The van der Waals surface area contributed by atoms with Gasteiger partial charge in [-0.1, -0.05) is 18.2 Å². The molecular weight excluding hydrogens is 298 g/mol. The van der Waals surface area contributed by atoms with Gasteiger partial charge in [-0.25, -0.2) is 4.79 Å². The molecule has 0 fully saturated rings. The van der Waals surface area contributed by atoms with Gasteiger partial charge in [-0.2, -0.15) is 0 Å². The number of hydrogen-bond donors (Lipinski definition) is 1. The first-order valence-corrected chi connectivity index (χ1v) is 7.65. The number of aromatic nitrogens is 2. The number of H-pyrrole nitrogens is 1. The lowest BCUT2D eigenvalue weighted by atomic mass is 9.96. The minimum absolute atomic E-state index is 0.0545. The molecule has 0 unspecified atom stereocenters. The molecule has 3 rings (SSSR count). The highest BCUT2D eigenvalue weighted by Gasteiger charge is 2.19. The van der Waals surface area contributed by atoms with Crippen LogP contribution in [0.5, 0.6) is 0 Å². The van der Waals surface area contributed by atoms with Gasteiger partial charge in [-0.05, 0) is 32.1 Å². The summed E-state index contributed by atoms with van der Waals surface area (Å²) in [4.78, 5) is 37.0. The number of hydrogen-bond acceptors (Lipinski definition) is 4. The average Bonchev–Trinajstić information content (AvgIpc) is 2.55. The van der Waals surface area contributed by atoms with Gasteiger partial charge in [0.05, 0.1) is 4.92 Å². The zero-order valence-corrected chi connectivity index (χ0v) is 12.6. The summed E-state index contributed by atoms with van der Waals surface area (Å²) in [5.41, 5.74) is 1.36. The highest BCUT2D eigenvalue weighted by molar-refractivity contribution is 5.39. The number of benzene rings is 1. The van der Waals surface area contributed by atoms with Gasteiger partial charge >= 0.3 is 5.69 Å². The molecule has 1 aliphatic carbocycles. The van der Waals surface area contributed by atoms with Gasteiger partial charge in [0, 0.05) is 29.4 Å². The Morgan fingerprint density at radius 3 is 2.70 bits per heavy atom. The Morgan fingerprint density at radius 1 is 1.17 bits per heavy atom. The number of aryl methyl sites for hydroxylation is 1. The normalized spacial score (nSPS) is 13.6. The van der Waals surface area contributed by atoms with Gasteiger partial charge in [-0.3, -0.25) is 24.5 Å². The second kappa shape index (κ2) is 6.20. The molecule has 23 heavy (non-hydrogen) atoms. The second-order valence-corrected chi connectivity index (χ2v) is 5.68. The fourth-order valence-electron chi connectivity index (χ4n) is 3.16. The standard InChI is InChI=1S/C16H17N3O4/c20-15-12-6-2-4-8-14(12)18(16(21)17-15)10-9-11-5-1-3-7-13(11)19(22)23/h1,3,5,7H,2,4,6,8-10H2,(H,17,20,21). The molecule has 0 saturated carbocycles. The fraction of sp³-hybridized carbons (Fsp3) is 0.375. The summed E-state index contributed by atoms with van der Waals surface area (Å²) in [5, 5.41) is 11.1. The van der Waals surface area contributed by atoms with Crippen molar-refractivity contribution in [3.05, 3.63) is 72.0 Å². The van der Waals surface area contributed by atoms with Crippen LogP contribution in [0.15, 0.2) is 33.9 Å². The molecule has 7 heteroatoms. The number of nitro groups is 1. The largest absolute Gasteiger partial charge is 0.328 e. The summed E-state index contributed by atoms with van der Waals surface area (Å²) in [6, 6.07) is 6.52. The fourth-order valence-corrected chi connectivity index (χ4v) is 3.16. The molecule has 0 saturated heterocycles. The van der Waals surface area contributed by atoms with Crippen LogP contribution in [0, 0.1) is 10.1 Å². The third-order valence-corrected chi connectivity index (χ3v) is 4.30. The predicted molar refractivity (Wildman–Crippen MR) is 84.8 cm³/mol. The molecule has 1 aliphatic rings. The number of nitro benzene ring substituents is 1. The van der Waals surface area contributed by atoms with E-state index in [4.69, 9.17) is 0 Å². The first kappa shape index (κ1) is 15.2. The van der Waals surface area contributed by atoms with E-state index in [0.717, 1.165) is 18.5 Å². The second-order valence-electron chi connectivity index (χ2n) is 5.68. The summed E-state index contributed by atoms with van der Waals surface area (Å²) in [6.45, 7) is 0.322. The number of nitrogens with zero attached hydrogens (tertiary/aromatic N) is 2. The maximum atomic E-state index is 12.1. The molecule has 1 N–H and O–H groups in total. The smallest absolute Gasteiger partial charge is 0.297 e. The molecule has 1 heterocycles. The minimum atomic E-state index is -0.436. The number of rotatable bonds is 4. The van der Waals surface area contributed by atoms with Crippen LogP contribution in [0.2, 0.25) is 0 Å². The maximum Gasteiger partial charge on any atom is 0.328 e. The number of para-hydroxylation sites is 1. The van der Waals surface area contributed by atoms with Crippen molar-refractivity contribution in [3.63, 3.8) is 0 Å². The summed E-state index contributed by atoms with van der Waals surface area (Å²) in [7, 11) is 0. The zero-order valence-electron chi connectivity index (χ0n) is 12.6. The first-order chi connectivity index (χ1) is 11.1. The van der Waals surface area contributed by atoms with Crippen LogP contribution in [-0.4, -0.2) is 14.5 Å². The molecule has 0 radical (unpaired) electrons. The van der Waals surface area contributed by atoms with Crippen molar-refractivity contribution in [2.24, 2.45) is 0 Å². The lowest BCUT2D eigenvalue weighted by molar-refractivity contribution is -0.385. The van der Waals surface area contributed by atoms with Crippen molar-refractivity contribution in [3.8, 4) is 0 Å². The van der Waals surface area contributed by atoms with Gasteiger partial charge in [0.15, 0.2) is 0 Å². The van der Waals surface area contributed by atoms with Crippen molar-refractivity contribution in [1.82, 2.24) is 9.55 Å². The molecule has 0 aliphatic heterocycles. The molecule has 0 spiro atoms. The number of fused-ring (bicyclic) bond motifs is 1. The Kier molecular flexibility index (Phi) is 4.10. The molecule has 0 bridgehead atoms. The van der Waals surface area contributed by atoms with Crippen LogP contribution in [0.1, 0.15) is 29.7 Å². The predicted octanol–water partition coefficient (Wildman–Crippen LogP) is 1.57. The highest BCUT2D eigenvalue weighted by Crippen LogP contribution is 2.20. The van der Waals surface area contributed by atoms with E-state index >= 15 is 0 Å². The molecule has 0 atom stereocenters. The van der Waals surface area contributed by atoms with E-state index < -0.39 is 10.6 Å². The molecule has 2 aromatic rings. The van der Waals surface area contributed by atoms with E-state index in [0.29, 0.717) is 36.9 Å². The van der Waals surface area contributed by atoms with E-state index in [1.165, 1.54) is 6.07 Å². The van der Waals surface area contributed by atoms with Gasteiger partial charge < -0.3 is 0 Å². The third kappa shape index (κ3) is 2.94. The van der Waals surface area contributed by atoms with Crippen molar-refractivity contribution < 1.29 is 4.92 Å². The molecule has 1 aromatic heterocycles. The number of nitrogens with one attached hydrogen (secondary N) is 1. The van der Waals surface area contributed by atoms with Crippen molar-refractivity contribution in [2.45, 2.75) is 38.6 Å². The van der Waals surface area contributed by atoms with Gasteiger partial charge in [0.2, 0.25) is 0 Å². The SMILES string of the molecule is O=c1[nH]c(=O)n(CCc2ccccc2[N+](=O)[O-])c2c1CCCC2. The average molecular weight is 315 g/mol. The van der Waals surface area contributed by atoms with E-state index in [9.17, 15) is 19.7 Å². The quantitative estimate of drug-likeness (QED) is 0.684. The Labute approximate surface area is 131 Å². The van der Waals surface area contributed by atoms with E-state index in [2.05, 4.69) is 4.98 Å². The summed E-state index contributed by atoms with van der Waals surface area (Å²) in [6.07, 6.45) is 3.64. The van der Waals surface area contributed by atoms with Gasteiger partial charge in [0.1, 0.15) is 0 Å². The van der Waals surface area contributed by atoms with E-state index in [-0.39, 0.29) is 11.2 Å². The Bertz CT molecular complexity index is 866. The Balaban J connectivity index is 1.95.